The number of fused-ring (bicyclic) bond motifs is 3. The Balaban J connectivity index is 0.000000471. The van der Waals surface area contributed by atoms with Gasteiger partial charge in [0.2, 0.25) is 0 Å². The second-order valence-electron chi connectivity index (χ2n) is 7.63. The van der Waals surface area contributed by atoms with Crippen LogP contribution >= 0.6 is 0 Å². The fourth-order valence-corrected chi connectivity index (χ4v) is 3.71. The number of halogens is 2. The van der Waals surface area contributed by atoms with Crippen LogP contribution in [-0.4, -0.2) is 18.6 Å². The molecular weight excluding hydrogens is 506 g/mol. The van der Waals surface area contributed by atoms with Crippen LogP contribution in [0, 0.1) is 6.08 Å². The van der Waals surface area contributed by atoms with Gasteiger partial charge in [0, 0.05) is 6.61 Å². The zero-order valence-corrected chi connectivity index (χ0v) is 23.2. The van der Waals surface area contributed by atoms with Crippen molar-refractivity contribution in [2.24, 2.45) is 0 Å². The van der Waals surface area contributed by atoms with Crippen molar-refractivity contribution in [1.29, 1.82) is 0 Å². The molecule has 1 aliphatic rings. The van der Waals surface area contributed by atoms with E-state index in [2.05, 4.69) is 96.2 Å². The Kier molecular flexibility index (Phi) is 14.8. The zero-order chi connectivity index (χ0) is 20.4. The van der Waals surface area contributed by atoms with Crippen molar-refractivity contribution in [3.8, 4) is 0 Å². The number of hydrogen-bond donors (Lipinski definition) is 0. The number of allylic oxidation sites excluding steroid dienone is 3. The third kappa shape index (κ3) is 10.1. The van der Waals surface area contributed by atoms with Crippen molar-refractivity contribution in [1.82, 2.24) is 0 Å². The Morgan fingerprint density at radius 3 is 1.93 bits per heavy atom. The van der Waals surface area contributed by atoms with Gasteiger partial charge in [0.1, 0.15) is 0 Å². The van der Waals surface area contributed by atoms with Crippen LogP contribution in [0.4, 0.5) is 0 Å². The summed E-state index contributed by atoms with van der Waals surface area (Å²) in [5, 5.41) is 5.39. The molecule has 3 aromatic rings. The van der Waals surface area contributed by atoms with Gasteiger partial charge in [-0.2, -0.15) is 6.08 Å². The summed E-state index contributed by atoms with van der Waals surface area (Å²) in [6, 6.07) is 19.3. The van der Waals surface area contributed by atoms with Crippen molar-refractivity contribution < 1.29 is 53.5 Å². The molecule has 5 heteroatoms. The van der Waals surface area contributed by atoms with Gasteiger partial charge in [-0.25, -0.2) is 11.6 Å². The summed E-state index contributed by atoms with van der Waals surface area (Å²) in [5.74, 6) is 0. The molecule has 0 heterocycles. The second kappa shape index (κ2) is 15.2. The molecule has 0 aliphatic heterocycles. The summed E-state index contributed by atoms with van der Waals surface area (Å²) in [4.78, 5) is 0. The normalized spacial score (nSPS) is 12.0. The van der Waals surface area contributed by atoms with Crippen molar-refractivity contribution in [3.63, 3.8) is 0 Å². The number of benzene rings is 2. The van der Waals surface area contributed by atoms with E-state index in [9.17, 15) is 0 Å². The van der Waals surface area contributed by atoms with Gasteiger partial charge in [0.25, 0.3) is 0 Å². The van der Waals surface area contributed by atoms with E-state index < -0.39 is 8.32 Å². The van der Waals surface area contributed by atoms with Crippen LogP contribution in [-0.2, 0) is 28.7 Å². The van der Waals surface area contributed by atoms with E-state index in [0.717, 1.165) is 19.4 Å². The Morgan fingerprint density at radius 1 is 1.00 bits per heavy atom. The van der Waals surface area contributed by atoms with Crippen LogP contribution < -0.4 is 24.8 Å². The molecule has 3 aromatic carbocycles. The smallest absolute Gasteiger partial charge is 0.183 e. The molecule has 0 bridgehead atoms. The average Bonchev–Trinajstić information content (AvgIpc) is 3.29. The summed E-state index contributed by atoms with van der Waals surface area (Å²) < 4.78 is 7.83. The minimum absolute atomic E-state index is 0. The Morgan fingerprint density at radius 2 is 1.50 bits per heavy atom. The molecule has 0 N–H and O–H groups in total. The van der Waals surface area contributed by atoms with E-state index in [0.29, 0.717) is 0 Å². The first-order chi connectivity index (χ1) is 13.4. The first kappa shape index (κ1) is 29.3. The van der Waals surface area contributed by atoms with Crippen LogP contribution in [0.5, 0.6) is 0 Å². The predicted molar refractivity (Wildman–Crippen MR) is 123 cm³/mol. The van der Waals surface area contributed by atoms with E-state index in [1.165, 1.54) is 51.4 Å². The fraction of sp³-hybridized carbons (Fsp3) is 0.280. The fourth-order valence-electron chi connectivity index (χ4n) is 2.99. The van der Waals surface area contributed by atoms with Gasteiger partial charge in [0.15, 0.2) is 8.32 Å². The Bertz CT molecular complexity index is 904. The van der Waals surface area contributed by atoms with Crippen LogP contribution in [0.15, 0.2) is 72.3 Å². The zero-order valence-electron chi connectivity index (χ0n) is 18.2. The molecule has 30 heavy (non-hydrogen) atoms. The molecule has 0 radical (unpaired) electrons. The first-order valence-corrected chi connectivity index (χ1v) is 14.7. The quantitative estimate of drug-likeness (QED) is 0.357. The third-order valence-corrected chi connectivity index (χ3v) is 5.27. The van der Waals surface area contributed by atoms with Crippen LogP contribution in [0.3, 0.4) is 0 Å². The van der Waals surface area contributed by atoms with E-state index in [-0.39, 0.29) is 24.8 Å². The van der Waals surface area contributed by atoms with Crippen LogP contribution in [0.25, 0.3) is 21.5 Å². The standard InChI is InChI=1S/C13H9.C10H17OSi.C2H4.2ClH.Zr/c1-3-7-12-10(5-1)9-11-6-2-4-8-13(11)12;1-12(2,3)11-9-8-10-6-4-5-7-10;1-2;;;/h1-9H;4,6H,5,8-9H2,1-3H3;1H,2H3;2*1H;/q2*-1;;;;+2/p-2. The Labute approximate surface area is 210 Å². The summed E-state index contributed by atoms with van der Waals surface area (Å²) in [6.07, 6.45) is 9.59. The van der Waals surface area contributed by atoms with Crippen LogP contribution in [0.2, 0.25) is 19.6 Å². The molecule has 0 saturated heterocycles. The summed E-state index contributed by atoms with van der Waals surface area (Å²) >= 11 is 1.51. The first-order valence-electron chi connectivity index (χ1n) is 9.83. The Hall–Kier alpha value is -0.700. The maximum Gasteiger partial charge on any atom is 0.183 e. The molecule has 160 valence electrons. The maximum absolute atomic E-state index is 5.74. The van der Waals surface area contributed by atoms with Gasteiger partial charge in [-0.1, -0.05) is 36.4 Å². The largest absolute Gasteiger partial charge is 1.00 e. The topological polar surface area (TPSA) is 9.23 Å². The second-order valence-corrected chi connectivity index (χ2v) is 13.6. The van der Waals surface area contributed by atoms with Crippen molar-refractivity contribution in [3.05, 3.63) is 78.4 Å². The molecule has 0 unspecified atom stereocenters. The third-order valence-electron chi connectivity index (χ3n) is 4.20. The molecule has 4 rings (SSSR count). The van der Waals surface area contributed by atoms with E-state index >= 15 is 0 Å². The molecule has 0 fully saturated rings. The summed E-state index contributed by atoms with van der Waals surface area (Å²) in [6.45, 7) is 9.56. The average molecular weight is 537 g/mol. The molecule has 0 spiro atoms. The summed E-state index contributed by atoms with van der Waals surface area (Å²) in [5.41, 5.74) is 1.31. The minimum atomic E-state index is -1.29. The predicted octanol–water partition coefficient (Wildman–Crippen LogP) is 0.993. The molecule has 1 nitrogen and oxygen atoms in total. The molecule has 0 atom stereocenters. The van der Waals surface area contributed by atoms with Gasteiger partial charge in [0.05, 0.1) is 0 Å². The molecule has 0 amide bonds. The van der Waals surface area contributed by atoms with Crippen molar-refractivity contribution >= 4 is 33.6 Å². The molecular formula is C25H30Cl2OSiZr-2. The number of rotatable bonds is 4. The summed E-state index contributed by atoms with van der Waals surface area (Å²) in [7, 11) is -1.29. The maximum atomic E-state index is 5.74. The van der Waals surface area contributed by atoms with Crippen molar-refractivity contribution in [2.75, 3.05) is 6.61 Å². The van der Waals surface area contributed by atoms with Gasteiger partial charge >= 0.3 is 34.9 Å². The van der Waals surface area contributed by atoms with E-state index in [4.69, 9.17) is 4.43 Å². The minimum Gasteiger partial charge on any atom is -1.00 e. The van der Waals surface area contributed by atoms with Crippen molar-refractivity contribution in [2.45, 2.75) is 39.4 Å². The monoisotopic (exact) mass is 534 g/mol. The van der Waals surface area contributed by atoms with Crippen LogP contribution in [0.1, 0.15) is 19.8 Å². The van der Waals surface area contributed by atoms with E-state index in [1.807, 2.05) is 6.92 Å². The van der Waals surface area contributed by atoms with E-state index in [1.54, 1.807) is 0 Å². The molecule has 1 aliphatic carbocycles. The molecule has 0 saturated carbocycles. The van der Waals surface area contributed by atoms with Gasteiger partial charge in [-0.05, 0) is 26.1 Å². The molecule has 0 aromatic heterocycles. The van der Waals surface area contributed by atoms with Gasteiger partial charge < -0.3 is 29.2 Å². The SMILES string of the molecule is C[CH]=[Zr+2].C[Si](C)(C)OCCC1=[C-]CC=C1.[Cl-].[Cl-].c1ccc2c(c1)[cH-]c1ccccc12. The number of hydrogen-bond acceptors (Lipinski definition) is 1. The van der Waals surface area contributed by atoms with Gasteiger partial charge in [-0.15, -0.1) is 46.2 Å². The van der Waals surface area contributed by atoms with Gasteiger partial charge in [-0.3, -0.25) is 6.08 Å².